The van der Waals surface area contributed by atoms with Gasteiger partial charge in [-0.15, -0.1) is 0 Å². The molecule has 0 aliphatic rings. The van der Waals surface area contributed by atoms with Crippen molar-refractivity contribution in [3.63, 3.8) is 0 Å². The summed E-state index contributed by atoms with van der Waals surface area (Å²) >= 11 is 5.85. The summed E-state index contributed by atoms with van der Waals surface area (Å²) in [5.41, 5.74) is 0. The minimum atomic E-state index is 0.174. The molecule has 1 atom stereocenters. The third-order valence-electron chi connectivity index (χ3n) is 2.28. The van der Waals surface area contributed by atoms with E-state index >= 15 is 0 Å². The van der Waals surface area contributed by atoms with Crippen LogP contribution in [0.25, 0.3) is 0 Å². The average molecular weight is 274 g/mol. The number of aromatic nitrogens is 3. The second-order valence-electron chi connectivity index (χ2n) is 3.87. The van der Waals surface area contributed by atoms with Gasteiger partial charge in [0, 0.05) is 13.7 Å². The van der Waals surface area contributed by atoms with Crippen molar-refractivity contribution in [2.24, 2.45) is 0 Å². The molecule has 0 fully saturated rings. The molecule has 0 radical (unpaired) electrons. The van der Waals surface area contributed by atoms with Crippen LogP contribution >= 0.6 is 11.6 Å². The molecule has 1 heterocycles. The second kappa shape index (κ2) is 8.05. The smallest absolute Gasteiger partial charge is 0.229 e. The number of rotatable bonds is 8. The molecule has 18 heavy (non-hydrogen) atoms. The maximum Gasteiger partial charge on any atom is 0.229 e. The Labute approximate surface area is 113 Å². The highest BCUT2D eigenvalue weighted by Crippen LogP contribution is 2.12. The van der Waals surface area contributed by atoms with E-state index in [0.29, 0.717) is 18.5 Å². The number of methoxy groups -OCH3 is 1. The molecule has 0 amide bonds. The maximum atomic E-state index is 5.85. The van der Waals surface area contributed by atoms with Gasteiger partial charge >= 0.3 is 0 Å². The first-order valence-electron chi connectivity index (χ1n) is 6.10. The fourth-order valence-corrected chi connectivity index (χ4v) is 1.74. The summed E-state index contributed by atoms with van der Waals surface area (Å²) in [6, 6.07) is 0.174. The lowest BCUT2D eigenvalue weighted by Gasteiger charge is -2.17. The Kier molecular flexibility index (Phi) is 6.67. The molecule has 0 bridgehead atoms. The Bertz CT molecular complexity index is 357. The molecule has 0 spiro atoms. The van der Waals surface area contributed by atoms with Crippen LogP contribution in [0.1, 0.15) is 26.7 Å². The molecule has 0 aliphatic carbocycles. The van der Waals surface area contributed by atoms with Gasteiger partial charge in [-0.2, -0.15) is 15.0 Å². The van der Waals surface area contributed by atoms with Crippen molar-refractivity contribution >= 4 is 23.5 Å². The van der Waals surface area contributed by atoms with Crippen molar-refractivity contribution in [2.75, 3.05) is 30.9 Å². The largest absolute Gasteiger partial charge is 0.383 e. The SMILES string of the molecule is CCCC(COC)Nc1nc(Cl)nc(NCC)n1. The van der Waals surface area contributed by atoms with Gasteiger partial charge in [-0.05, 0) is 24.9 Å². The highest BCUT2D eigenvalue weighted by molar-refractivity contribution is 6.28. The molecule has 0 aromatic carbocycles. The summed E-state index contributed by atoms with van der Waals surface area (Å²) in [5.74, 6) is 0.953. The fourth-order valence-electron chi connectivity index (χ4n) is 1.58. The predicted molar refractivity (Wildman–Crippen MR) is 73.2 cm³/mol. The number of hydrogen-bond acceptors (Lipinski definition) is 6. The van der Waals surface area contributed by atoms with Gasteiger partial charge in [-0.3, -0.25) is 0 Å². The first-order valence-corrected chi connectivity index (χ1v) is 6.48. The number of nitrogens with zero attached hydrogens (tertiary/aromatic N) is 3. The van der Waals surface area contributed by atoms with Crippen LogP contribution in [0.5, 0.6) is 0 Å². The van der Waals surface area contributed by atoms with E-state index < -0.39 is 0 Å². The van der Waals surface area contributed by atoms with E-state index in [1.807, 2.05) is 6.92 Å². The first-order chi connectivity index (χ1) is 8.69. The zero-order chi connectivity index (χ0) is 13.4. The number of nitrogens with one attached hydrogen (secondary N) is 2. The van der Waals surface area contributed by atoms with Crippen molar-refractivity contribution in [1.29, 1.82) is 0 Å². The van der Waals surface area contributed by atoms with Crippen LogP contribution in [0, 0.1) is 0 Å². The van der Waals surface area contributed by atoms with E-state index in [9.17, 15) is 0 Å². The van der Waals surface area contributed by atoms with Crippen molar-refractivity contribution < 1.29 is 4.74 Å². The lowest BCUT2D eigenvalue weighted by molar-refractivity contribution is 0.182. The Morgan fingerprint density at radius 1 is 1.22 bits per heavy atom. The molecule has 1 aromatic rings. The Morgan fingerprint density at radius 3 is 2.56 bits per heavy atom. The summed E-state index contributed by atoms with van der Waals surface area (Å²) < 4.78 is 5.15. The summed E-state index contributed by atoms with van der Waals surface area (Å²) in [6.45, 7) is 5.42. The molecular weight excluding hydrogens is 254 g/mol. The van der Waals surface area contributed by atoms with E-state index in [1.165, 1.54) is 0 Å². The third kappa shape index (κ3) is 5.01. The van der Waals surface area contributed by atoms with Crippen LogP contribution in [0.2, 0.25) is 5.28 Å². The Balaban J connectivity index is 2.74. The van der Waals surface area contributed by atoms with E-state index in [4.69, 9.17) is 16.3 Å². The molecule has 2 N–H and O–H groups in total. The minimum Gasteiger partial charge on any atom is -0.383 e. The number of halogens is 1. The van der Waals surface area contributed by atoms with Crippen molar-refractivity contribution in [3.05, 3.63) is 5.28 Å². The second-order valence-corrected chi connectivity index (χ2v) is 4.21. The van der Waals surface area contributed by atoms with Crippen LogP contribution in [-0.4, -0.2) is 41.3 Å². The van der Waals surface area contributed by atoms with E-state index in [1.54, 1.807) is 7.11 Å². The normalized spacial score (nSPS) is 12.2. The average Bonchev–Trinajstić information content (AvgIpc) is 2.29. The molecule has 0 saturated carbocycles. The van der Waals surface area contributed by atoms with Crippen molar-refractivity contribution in [3.8, 4) is 0 Å². The fraction of sp³-hybridized carbons (Fsp3) is 0.727. The Morgan fingerprint density at radius 2 is 1.94 bits per heavy atom. The monoisotopic (exact) mass is 273 g/mol. The summed E-state index contributed by atoms with van der Waals surface area (Å²) in [7, 11) is 1.68. The number of ether oxygens (including phenoxy) is 1. The molecule has 1 rings (SSSR count). The molecule has 6 nitrogen and oxygen atoms in total. The van der Waals surface area contributed by atoms with Gasteiger partial charge in [0.2, 0.25) is 17.2 Å². The summed E-state index contributed by atoms with van der Waals surface area (Å²) in [4.78, 5) is 12.3. The summed E-state index contributed by atoms with van der Waals surface area (Å²) in [6.07, 6.45) is 2.04. The lowest BCUT2D eigenvalue weighted by Crippen LogP contribution is -2.26. The van der Waals surface area contributed by atoms with Crippen LogP contribution in [-0.2, 0) is 4.74 Å². The molecular formula is C11H20ClN5O. The van der Waals surface area contributed by atoms with E-state index in [2.05, 4.69) is 32.5 Å². The number of anilines is 2. The van der Waals surface area contributed by atoms with Gasteiger partial charge in [-0.1, -0.05) is 13.3 Å². The van der Waals surface area contributed by atoms with Gasteiger partial charge < -0.3 is 15.4 Å². The van der Waals surface area contributed by atoms with Gasteiger partial charge in [0.25, 0.3) is 0 Å². The van der Waals surface area contributed by atoms with Crippen molar-refractivity contribution in [1.82, 2.24) is 15.0 Å². The highest BCUT2D eigenvalue weighted by Gasteiger charge is 2.11. The molecule has 0 aliphatic heterocycles. The first kappa shape index (κ1) is 14.9. The zero-order valence-corrected chi connectivity index (χ0v) is 11.8. The maximum absolute atomic E-state index is 5.85. The minimum absolute atomic E-state index is 0.174. The quantitative estimate of drug-likeness (QED) is 0.756. The van der Waals surface area contributed by atoms with Crippen molar-refractivity contribution in [2.45, 2.75) is 32.7 Å². The van der Waals surface area contributed by atoms with Gasteiger partial charge in [-0.25, -0.2) is 0 Å². The predicted octanol–water partition coefficient (Wildman–Crippen LogP) is 2.18. The van der Waals surface area contributed by atoms with E-state index in [-0.39, 0.29) is 11.3 Å². The van der Waals surface area contributed by atoms with Crippen LogP contribution in [0.3, 0.4) is 0 Å². The molecule has 102 valence electrons. The summed E-state index contributed by atoms with van der Waals surface area (Å²) in [5, 5.41) is 6.39. The number of hydrogen-bond donors (Lipinski definition) is 2. The molecule has 7 heteroatoms. The molecule has 0 saturated heterocycles. The third-order valence-corrected chi connectivity index (χ3v) is 2.45. The lowest BCUT2D eigenvalue weighted by atomic mass is 10.2. The molecule has 1 unspecified atom stereocenters. The zero-order valence-electron chi connectivity index (χ0n) is 11.0. The van der Waals surface area contributed by atoms with Crippen LogP contribution in [0.4, 0.5) is 11.9 Å². The van der Waals surface area contributed by atoms with Gasteiger partial charge in [0.1, 0.15) is 0 Å². The van der Waals surface area contributed by atoms with Crippen LogP contribution < -0.4 is 10.6 Å². The molecule has 1 aromatic heterocycles. The van der Waals surface area contributed by atoms with Gasteiger partial charge in [0.15, 0.2) is 0 Å². The Hall–Kier alpha value is -1.14. The standard InChI is InChI=1S/C11H20ClN5O/c1-4-6-8(7-18-3)14-11-16-9(12)15-10(17-11)13-5-2/h8H,4-7H2,1-3H3,(H2,13,14,15,16,17). The highest BCUT2D eigenvalue weighted by atomic mass is 35.5. The van der Waals surface area contributed by atoms with Gasteiger partial charge in [0.05, 0.1) is 12.6 Å². The topological polar surface area (TPSA) is 72.0 Å². The van der Waals surface area contributed by atoms with E-state index in [0.717, 1.165) is 19.4 Å². The van der Waals surface area contributed by atoms with Crippen LogP contribution in [0.15, 0.2) is 0 Å².